The number of allylic oxidation sites excluding steroid dienone is 2. The van der Waals surface area contributed by atoms with Gasteiger partial charge in [-0.05, 0) is 55.4 Å². The SMILES string of the molecule is C=C1C(C(=CCCC)NCCP)=C2Sc3ccccc3N2c2nc(N3CCCNCC3)ccc21. The minimum absolute atomic E-state index is 0.912. The number of nitrogens with zero attached hydrogens (tertiary/aromatic N) is 3. The number of hydrogen-bond acceptors (Lipinski definition) is 6. The first-order valence-corrected chi connectivity index (χ1v) is 14.0. The van der Waals surface area contributed by atoms with Gasteiger partial charge in [-0.3, -0.25) is 4.90 Å². The van der Waals surface area contributed by atoms with Crippen LogP contribution in [0.5, 0.6) is 0 Å². The molecule has 1 atom stereocenters. The molecule has 1 unspecified atom stereocenters. The van der Waals surface area contributed by atoms with Crippen molar-refractivity contribution in [2.75, 3.05) is 48.7 Å². The van der Waals surface area contributed by atoms with Crippen molar-refractivity contribution in [2.24, 2.45) is 0 Å². The maximum Gasteiger partial charge on any atom is 0.148 e. The van der Waals surface area contributed by atoms with Crippen molar-refractivity contribution in [1.29, 1.82) is 0 Å². The molecule has 4 heterocycles. The number of para-hydroxylation sites is 1. The van der Waals surface area contributed by atoms with Crippen LogP contribution >= 0.6 is 21.0 Å². The highest BCUT2D eigenvalue weighted by Gasteiger charge is 2.38. The zero-order chi connectivity index (χ0) is 23.5. The van der Waals surface area contributed by atoms with Crippen LogP contribution in [0.3, 0.4) is 0 Å². The van der Waals surface area contributed by atoms with Crippen molar-refractivity contribution in [2.45, 2.75) is 31.1 Å². The van der Waals surface area contributed by atoms with E-state index in [2.05, 4.69) is 85.7 Å². The first-order chi connectivity index (χ1) is 16.7. The van der Waals surface area contributed by atoms with E-state index in [9.17, 15) is 0 Å². The molecule has 5 nitrogen and oxygen atoms in total. The summed E-state index contributed by atoms with van der Waals surface area (Å²) in [5, 5.41) is 8.40. The molecule has 0 saturated carbocycles. The quantitative estimate of drug-likeness (QED) is 0.498. The van der Waals surface area contributed by atoms with Crippen molar-refractivity contribution in [3.05, 3.63) is 70.9 Å². The first kappa shape index (κ1) is 23.5. The molecule has 0 radical (unpaired) electrons. The van der Waals surface area contributed by atoms with Crippen LogP contribution in [0.25, 0.3) is 5.57 Å². The van der Waals surface area contributed by atoms with Gasteiger partial charge in [-0.25, -0.2) is 4.98 Å². The first-order valence-electron chi connectivity index (χ1n) is 12.3. The largest absolute Gasteiger partial charge is 0.384 e. The average Bonchev–Trinajstić information content (AvgIpc) is 3.03. The Morgan fingerprint density at radius 1 is 1.24 bits per heavy atom. The van der Waals surface area contributed by atoms with Crippen molar-refractivity contribution in [3.63, 3.8) is 0 Å². The van der Waals surface area contributed by atoms with Gasteiger partial charge in [0.05, 0.1) is 10.7 Å². The molecule has 34 heavy (non-hydrogen) atoms. The lowest BCUT2D eigenvalue weighted by molar-refractivity contribution is 0.724. The van der Waals surface area contributed by atoms with Gasteiger partial charge in [0.25, 0.3) is 0 Å². The summed E-state index contributed by atoms with van der Waals surface area (Å²) in [6.45, 7) is 11.8. The zero-order valence-electron chi connectivity index (χ0n) is 19.9. The van der Waals surface area contributed by atoms with E-state index in [0.29, 0.717) is 0 Å². The van der Waals surface area contributed by atoms with E-state index in [0.717, 1.165) is 80.9 Å². The van der Waals surface area contributed by atoms with Gasteiger partial charge in [-0.2, -0.15) is 0 Å². The standard InChI is InChI=1S/C27H34N5PS/c1-3-4-8-21(29-15-18-33)25-19(2)20-11-12-24(31-16-7-13-28-14-17-31)30-26(20)32-22-9-5-6-10-23(22)34-27(25)32/h5-6,8-12,28-29H,2-4,7,13-18,33H2,1H3. The topological polar surface area (TPSA) is 43.4 Å². The minimum Gasteiger partial charge on any atom is -0.384 e. The van der Waals surface area contributed by atoms with Crippen molar-refractivity contribution in [1.82, 2.24) is 15.6 Å². The Morgan fingerprint density at radius 2 is 2.12 bits per heavy atom. The van der Waals surface area contributed by atoms with Crippen LogP contribution in [-0.4, -0.2) is 43.9 Å². The fourth-order valence-corrected chi connectivity index (χ4v) is 6.13. The van der Waals surface area contributed by atoms with Crippen LogP contribution in [-0.2, 0) is 0 Å². The van der Waals surface area contributed by atoms with Crippen LogP contribution in [0.4, 0.5) is 17.3 Å². The summed E-state index contributed by atoms with van der Waals surface area (Å²) in [6, 6.07) is 13.1. The van der Waals surface area contributed by atoms with E-state index >= 15 is 0 Å². The number of thioether (sulfide) groups is 1. The van der Waals surface area contributed by atoms with Gasteiger partial charge < -0.3 is 15.5 Å². The van der Waals surface area contributed by atoms with E-state index in [-0.39, 0.29) is 0 Å². The number of benzene rings is 1. The molecule has 0 bridgehead atoms. The third-order valence-corrected chi connectivity index (χ3v) is 7.89. The van der Waals surface area contributed by atoms with Crippen LogP contribution < -0.4 is 20.4 Å². The fraction of sp³-hybridized carbons (Fsp3) is 0.370. The zero-order valence-corrected chi connectivity index (χ0v) is 21.9. The summed E-state index contributed by atoms with van der Waals surface area (Å²) in [5.74, 6) is 2.05. The van der Waals surface area contributed by atoms with Crippen LogP contribution in [0, 0.1) is 0 Å². The Hall–Kier alpha value is -2.27. The minimum atomic E-state index is 0.912. The molecule has 0 amide bonds. The molecule has 1 saturated heterocycles. The number of fused-ring (bicyclic) bond motifs is 5. The third kappa shape index (κ3) is 4.39. The number of anilines is 3. The Labute approximate surface area is 210 Å². The molecular weight excluding hydrogens is 457 g/mol. The molecular formula is C27H34N5PS. The maximum absolute atomic E-state index is 5.26. The molecule has 1 aromatic carbocycles. The van der Waals surface area contributed by atoms with Gasteiger partial charge >= 0.3 is 0 Å². The predicted molar refractivity (Wildman–Crippen MR) is 150 cm³/mol. The van der Waals surface area contributed by atoms with E-state index in [1.54, 1.807) is 0 Å². The third-order valence-electron chi connectivity index (χ3n) is 6.46. The highest BCUT2D eigenvalue weighted by molar-refractivity contribution is 8.03. The molecule has 1 aromatic heterocycles. The molecule has 7 heteroatoms. The van der Waals surface area contributed by atoms with Gasteiger partial charge in [-0.15, -0.1) is 9.24 Å². The van der Waals surface area contributed by atoms with E-state index < -0.39 is 0 Å². The summed E-state index contributed by atoms with van der Waals surface area (Å²) < 4.78 is 0. The van der Waals surface area contributed by atoms with Gasteiger partial charge in [0.15, 0.2) is 0 Å². The highest BCUT2D eigenvalue weighted by Crippen LogP contribution is 2.57. The van der Waals surface area contributed by atoms with Gasteiger partial charge in [-0.1, -0.05) is 49.9 Å². The lowest BCUT2D eigenvalue weighted by Crippen LogP contribution is -2.30. The second-order valence-electron chi connectivity index (χ2n) is 8.82. The second kappa shape index (κ2) is 10.6. The lowest BCUT2D eigenvalue weighted by atomic mass is 9.93. The van der Waals surface area contributed by atoms with Gasteiger partial charge in [0.1, 0.15) is 11.6 Å². The summed E-state index contributed by atoms with van der Waals surface area (Å²) in [6.07, 6.45) is 6.63. The maximum atomic E-state index is 5.26. The van der Waals surface area contributed by atoms with Crippen LogP contribution in [0.2, 0.25) is 0 Å². The molecule has 0 spiro atoms. The van der Waals surface area contributed by atoms with Crippen LogP contribution in [0.1, 0.15) is 31.7 Å². The molecule has 5 rings (SSSR count). The number of pyridine rings is 1. The predicted octanol–water partition coefficient (Wildman–Crippen LogP) is 5.51. The van der Waals surface area contributed by atoms with Gasteiger partial charge in [0, 0.05) is 47.9 Å². The lowest BCUT2D eigenvalue weighted by Gasteiger charge is -2.33. The van der Waals surface area contributed by atoms with Crippen LogP contribution in [0.15, 0.2) is 70.2 Å². The molecule has 3 aliphatic rings. The molecule has 0 aliphatic carbocycles. The Morgan fingerprint density at radius 3 is 2.97 bits per heavy atom. The average molecular weight is 492 g/mol. The van der Waals surface area contributed by atoms with E-state index in [4.69, 9.17) is 4.98 Å². The Bertz CT molecular complexity index is 1130. The number of hydrogen-bond donors (Lipinski definition) is 2. The monoisotopic (exact) mass is 491 g/mol. The highest BCUT2D eigenvalue weighted by atomic mass is 32.2. The second-order valence-corrected chi connectivity index (χ2v) is 10.4. The Kier molecular flexibility index (Phi) is 7.29. The summed E-state index contributed by atoms with van der Waals surface area (Å²) in [5.41, 5.74) is 5.76. The Balaban J connectivity index is 1.64. The summed E-state index contributed by atoms with van der Waals surface area (Å²) in [4.78, 5) is 11.3. The fourth-order valence-electron chi connectivity index (χ4n) is 4.76. The molecule has 2 N–H and O–H groups in total. The van der Waals surface area contributed by atoms with Crippen molar-refractivity contribution >= 4 is 43.9 Å². The summed E-state index contributed by atoms with van der Waals surface area (Å²) in [7, 11) is 2.82. The van der Waals surface area contributed by atoms with Crippen molar-refractivity contribution < 1.29 is 0 Å². The van der Waals surface area contributed by atoms with E-state index in [1.807, 2.05) is 11.8 Å². The van der Waals surface area contributed by atoms with Gasteiger partial charge in [0.2, 0.25) is 0 Å². The number of unbranched alkanes of at least 4 members (excludes halogenated alkanes) is 1. The molecule has 1 fully saturated rings. The number of aromatic nitrogens is 1. The number of nitrogens with one attached hydrogen (secondary N) is 2. The normalized spacial score (nSPS) is 17.9. The molecule has 178 valence electrons. The number of rotatable bonds is 7. The molecule has 2 aromatic rings. The smallest absolute Gasteiger partial charge is 0.148 e. The molecule has 3 aliphatic heterocycles. The van der Waals surface area contributed by atoms with Crippen molar-refractivity contribution in [3.8, 4) is 0 Å². The van der Waals surface area contributed by atoms with E-state index in [1.165, 1.54) is 26.9 Å². The summed E-state index contributed by atoms with van der Waals surface area (Å²) >= 11 is 1.83.